The van der Waals surface area contributed by atoms with E-state index in [-0.39, 0.29) is 23.7 Å². The van der Waals surface area contributed by atoms with Crippen molar-refractivity contribution in [2.75, 3.05) is 5.75 Å². The maximum absolute atomic E-state index is 12.1. The van der Waals surface area contributed by atoms with Crippen LogP contribution in [-0.4, -0.2) is 38.9 Å². The van der Waals surface area contributed by atoms with Gasteiger partial charge in [-0.1, -0.05) is 6.07 Å². The van der Waals surface area contributed by atoms with Crippen LogP contribution in [0, 0.1) is 0 Å². The molecule has 4 nitrogen and oxygen atoms in total. The van der Waals surface area contributed by atoms with Gasteiger partial charge in [0.25, 0.3) is 0 Å². The Bertz CT molecular complexity index is 470. The average Bonchev–Trinajstić information content (AvgIpc) is 3.03. The van der Waals surface area contributed by atoms with Crippen molar-refractivity contribution in [1.29, 1.82) is 0 Å². The van der Waals surface area contributed by atoms with Gasteiger partial charge >= 0.3 is 5.97 Å². The highest BCUT2D eigenvalue weighted by Crippen LogP contribution is 2.44. The molecule has 2 heterocycles. The number of carboxylic acid groups (broad SMARTS) is 1. The van der Waals surface area contributed by atoms with Crippen LogP contribution in [0.4, 0.5) is 0 Å². The third-order valence-electron chi connectivity index (χ3n) is 3.28. The monoisotopic (exact) mass is 283 g/mol. The minimum absolute atomic E-state index is 0.0819. The number of carbonyl (C=O) groups excluding carboxylic acids is 1. The molecule has 1 saturated carbocycles. The molecule has 0 spiro atoms. The van der Waals surface area contributed by atoms with Crippen LogP contribution in [0.5, 0.6) is 0 Å². The number of amides is 1. The number of carboxylic acids is 1. The Hall–Kier alpha value is -1.01. The molecular formula is C12H13NO3S2. The molecule has 2 aliphatic rings. The van der Waals surface area contributed by atoms with Crippen molar-refractivity contribution < 1.29 is 14.7 Å². The maximum atomic E-state index is 12.1. The number of aliphatic carboxylic acids is 1. The lowest BCUT2D eigenvalue weighted by Gasteiger charge is -2.38. The molecule has 0 radical (unpaired) electrons. The van der Waals surface area contributed by atoms with Crippen LogP contribution in [0.15, 0.2) is 17.5 Å². The highest BCUT2D eigenvalue weighted by molar-refractivity contribution is 8.01. The van der Waals surface area contributed by atoms with Gasteiger partial charge in [0.05, 0.1) is 11.8 Å². The van der Waals surface area contributed by atoms with Crippen LogP contribution in [0.2, 0.25) is 0 Å². The highest BCUT2D eigenvalue weighted by atomic mass is 32.2. The van der Waals surface area contributed by atoms with Crippen molar-refractivity contribution >= 4 is 35.0 Å². The molecule has 2 fully saturated rings. The van der Waals surface area contributed by atoms with Crippen LogP contribution in [0.25, 0.3) is 0 Å². The van der Waals surface area contributed by atoms with Gasteiger partial charge in [-0.05, 0) is 24.3 Å². The molecule has 1 aromatic heterocycles. The Morgan fingerprint density at radius 2 is 2.22 bits per heavy atom. The molecule has 1 aliphatic carbocycles. The van der Waals surface area contributed by atoms with E-state index in [1.807, 2.05) is 22.4 Å². The number of thioether (sulfide) groups is 1. The number of carbonyl (C=O) groups is 2. The minimum atomic E-state index is -0.823. The van der Waals surface area contributed by atoms with Crippen molar-refractivity contribution in [2.45, 2.75) is 30.2 Å². The van der Waals surface area contributed by atoms with Gasteiger partial charge in [-0.2, -0.15) is 0 Å². The first kappa shape index (κ1) is 12.0. The first-order valence-corrected chi connectivity index (χ1v) is 7.80. The van der Waals surface area contributed by atoms with Gasteiger partial charge in [0.1, 0.15) is 5.25 Å². The molecule has 18 heavy (non-hydrogen) atoms. The van der Waals surface area contributed by atoms with Gasteiger partial charge in [-0.15, -0.1) is 23.1 Å². The highest BCUT2D eigenvalue weighted by Gasteiger charge is 2.47. The van der Waals surface area contributed by atoms with Crippen molar-refractivity contribution in [3.8, 4) is 0 Å². The summed E-state index contributed by atoms with van der Waals surface area (Å²) in [5.41, 5.74) is 0. The van der Waals surface area contributed by atoms with E-state index in [4.69, 9.17) is 0 Å². The van der Waals surface area contributed by atoms with Crippen LogP contribution < -0.4 is 0 Å². The molecule has 1 N–H and O–H groups in total. The third-order valence-corrected chi connectivity index (χ3v) is 5.45. The van der Waals surface area contributed by atoms with Gasteiger partial charge in [-0.3, -0.25) is 9.59 Å². The van der Waals surface area contributed by atoms with Gasteiger partial charge in [0.2, 0.25) is 5.91 Å². The quantitative estimate of drug-likeness (QED) is 0.921. The zero-order valence-electron chi connectivity index (χ0n) is 9.61. The normalized spacial score (nSPS) is 28.4. The Morgan fingerprint density at radius 3 is 2.78 bits per heavy atom. The summed E-state index contributed by atoms with van der Waals surface area (Å²) < 4.78 is 0. The summed E-state index contributed by atoms with van der Waals surface area (Å²) in [7, 11) is 0. The van der Waals surface area contributed by atoms with E-state index in [1.54, 1.807) is 0 Å². The molecule has 1 aliphatic heterocycles. The Labute approximate surface area is 113 Å². The molecule has 1 aromatic rings. The number of hydrogen-bond donors (Lipinski definition) is 1. The number of hydrogen-bond acceptors (Lipinski definition) is 4. The van der Waals surface area contributed by atoms with E-state index in [1.165, 1.54) is 23.1 Å². The molecule has 1 saturated heterocycles. The topological polar surface area (TPSA) is 57.6 Å². The van der Waals surface area contributed by atoms with Gasteiger partial charge < -0.3 is 10.0 Å². The minimum Gasteiger partial charge on any atom is -0.480 e. The van der Waals surface area contributed by atoms with Crippen LogP contribution in [0.3, 0.4) is 0 Å². The summed E-state index contributed by atoms with van der Waals surface area (Å²) in [6, 6.07) is 3.81. The van der Waals surface area contributed by atoms with Crippen molar-refractivity contribution in [2.24, 2.45) is 0 Å². The largest absolute Gasteiger partial charge is 0.480 e. The summed E-state index contributed by atoms with van der Waals surface area (Å²) >= 11 is 2.78. The van der Waals surface area contributed by atoms with E-state index in [0.29, 0.717) is 0 Å². The summed E-state index contributed by atoms with van der Waals surface area (Å²) in [6.07, 6.45) is 2.01. The van der Waals surface area contributed by atoms with Gasteiger partial charge in [0.15, 0.2) is 0 Å². The third kappa shape index (κ3) is 2.03. The van der Waals surface area contributed by atoms with E-state index in [2.05, 4.69) is 0 Å². The first-order valence-electron chi connectivity index (χ1n) is 5.87. The summed E-state index contributed by atoms with van der Waals surface area (Å²) in [5.74, 6) is -0.454. The van der Waals surface area contributed by atoms with Gasteiger partial charge in [0, 0.05) is 10.9 Å². The molecule has 3 rings (SSSR count). The zero-order chi connectivity index (χ0) is 12.7. The SMILES string of the molecule is O=C(O)C1SCC(=O)N(C2CC2)C1c1cccs1. The van der Waals surface area contributed by atoms with E-state index in [9.17, 15) is 14.7 Å². The fourth-order valence-electron chi connectivity index (χ4n) is 2.36. The van der Waals surface area contributed by atoms with Crippen molar-refractivity contribution in [3.63, 3.8) is 0 Å². The van der Waals surface area contributed by atoms with Crippen LogP contribution in [0.1, 0.15) is 23.8 Å². The maximum Gasteiger partial charge on any atom is 0.319 e. The van der Waals surface area contributed by atoms with E-state index < -0.39 is 11.2 Å². The standard InChI is InChI=1S/C12H13NO3S2/c14-9-6-18-11(12(15)16)10(8-2-1-5-17-8)13(9)7-3-4-7/h1-2,5,7,10-11H,3-4,6H2,(H,15,16). The Kier molecular flexibility index (Phi) is 3.07. The van der Waals surface area contributed by atoms with Crippen LogP contribution in [-0.2, 0) is 9.59 Å². The van der Waals surface area contributed by atoms with E-state index in [0.717, 1.165) is 17.7 Å². The summed E-state index contributed by atoms with van der Waals surface area (Å²) in [6.45, 7) is 0. The fourth-order valence-corrected chi connectivity index (χ4v) is 4.38. The lowest BCUT2D eigenvalue weighted by atomic mass is 10.1. The summed E-state index contributed by atoms with van der Waals surface area (Å²) in [4.78, 5) is 26.3. The lowest BCUT2D eigenvalue weighted by Crippen LogP contribution is -2.48. The smallest absolute Gasteiger partial charge is 0.319 e. The number of nitrogens with zero attached hydrogens (tertiary/aromatic N) is 1. The number of rotatable bonds is 3. The molecular weight excluding hydrogens is 270 g/mol. The predicted octanol–water partition coefficient (Wildman–Crippen LogP) is 1.98. The Balaban J connectivity index is 1.98. The molecule has 2 unspecified atom stereocenters. The van der Waals surface area contributed by atoms with E-state index >= 15 is 0 Å². The van der Waals surface area contributed by atoms with Gasteiger partial charge in [-0.25, -0.2) is 0 Å². The molecule has 0 bridgehead atoms. The molecule has 6 heteroatoms. The summed E-state index contributed by atoms with van der Waals surface area (Å²) in [5, 5.41) is 10.8. The second-order valence-electron chi connectivity index (χ2n) is 4.56. The predicted molar refractivity (Wildman–Crippen MR) is 70.8 cm³/mol. The fraction of sp³-hybridized carbons (Fsp3) is 0.500. The lowest BCUT2D eigenvalue weighted by molar-refractivity contribution is -0.140. The molecule has 1 amide bonds. The Morgan fingerprint density at radius 1 is 1.44 bits per heavy atom. The first-order chi connectivity index (χ1) is 8.68. The second kappa shape index (κ2) is 4.59. The van der Waals surface area contributed by atoms with Crippen molar-refractivity contribution in [3.05, 3.63) is 22.4 Å². The second-order valence-corrected chi connectivity index (χ2v) is 6.67. The molecule has 0 aromatic carbocycles. The average molecular weight is 283 g/mol. The van der Waals surface area contributed by atoms with Crippen molar-refractivity contribution in [1.82, 2.24) is 4.90 Å². The molecule has 96 valence electrons. The zero-order valence-corrected chi connectivity index (χ0v) is 11.2. The molecule has 2 atom stereocenters. The van der Waals surface area contributed by atoms with Crippen LogP contribution >= 0.6 is 23.1 Å². The number of thiophene rings is 1.